The highest BCUT2D eigenvalue weighted by Crippen LogP contribution is 2.31. The predicted molar refractivity (Wildman–Crippen MR) is 153 cm³/mol. The smallest absolute Gasteiger partial charge is 0.261 e. The van der Waals surface area contributed by atoms with Crippen molar-refractivity contribution in [1.82, 2.24) is 10.2 Å². The number of nitrogens with zero attached hydrogens (tertiary/aromatic N) is 1. The highest BCUT2D eigenvalue weighted by Gasteiger charge is 2.34. The maximum atomic E-state index is 13.2. The Hall–Kier alpha value is -3.19. The predicted octanol–water partition coefficient (Wildman–Crippen LogP) is 6.82. The van der Waals surface area contributed by atoms with Gasteiger partial charge in [0.15, 0.2) is 0 Å². The number of hydrogen-bond acceptors (Lipinski definition) is 4. The Labute approximate surface area is 226 Å². The first-order valence-electron chi connectivity index (χ1n) is 12.5. The fourth-order valence-electron chi connectivity index (χ4n) is 5.05. The molecule has 2 amide bonds. The number of fused-ring (bicyclic) bond motifs is 1. The van der Waals surface area contributed by atoms with E-state index >= 15 is 0 Å². The molecule has 3 aromatic carbocycles. The summed E-state index contributed by atoms with van der Waals surface area (Å²) in [7, 11) is 4.12. The SMILES string of the molecule is CN(C)Cc1ccccc1-c1ccc(NC(=O)[C@H]2CCC[C@H]2NC(=O)c2cc3ccc(Cl)cc3s2)cc1. The Morgan fingerprint density at radius 1 is 1.00 bits per heavy atom. The third-order valence-corrected chi connectivity index (χ3v) is 8.17. The van der Waals surface area contributed by atoms with Gasteiger partial charge in [-0.25, -0.2) is 0 Å². The number of nitrogens with one attached hydrogen (secondary N) is 2. The van der Waals surface area contributed by atoms with Gasteiger partial charge in [0.25, 0.3) is 5.91 Å². The van der Waals surface area contributed by atoms with Crippen molar-refractivity contribution in [2.24, 2.45) is 5.92 Å². The zero-order chi connectivity index (χ0) is 25.9. The molecule has 37 heavy (non-hydrogen) atoms. The molecule has 0 saturated heterocycles. The molecule has 5 rings (SSSR count). The topological polar surface area (TPSA) is 61.4 Å². The molecule has 0 radical (unpaired) electrons. The normalized spacial score (nSPS) is 17.3. The van der Waals surface area contributed by atoms with E-state index in [2.05, 4.69) is 47.8 Å². The molecule has 4 aromatic rings. The van der Waals surface area contributed by atoms with Crippen LogP contribution in [0, 0.1) is 5.92 Å². The third kappa shape index (κ3) is 5.87. The van der Waals surface area contributed by atoms with Gasteiger partial charge in [0.05, 0.1) is 10.8 Å². The lowest BCUT2D eigenvalue weighted by molar-refractivity contribution is -0.120. The van der Waals surface area contributed by atoms with E-state index in [9.17, 15) is 9.59 Å². The minimum Gasteiger partial charge on any atom is -0.348 e. The largest absolute Gasteiger partial charge is 0.348 e. The van der Waals surface area contributed by atoms with Crippen LogP contribution >= 0.6 is 22.9 Å². The number of carbonyl (C=O) groups is 2. The van der Waals surface area contributed by atoms with Crippen molar-refractivity contribution >= 4 is 50.5 Å². The van der Waals surface area contributed by atoms with Crippen LogP contribution in [0.1, 0.15) is 34.5 Å². The minimum absolute atomic E-state index is 0.0494. The van der Waals surface area contributed by atoms with Crippen LogP contribution in [0.5, 0.6) is 0 Å². The van der Waals surface area contributed by atoms with Gasteiger partial charge in [0.2, 0.25) is 5.91 Å². The van der Waals surface area contributed by atoms with Crippen LogP contribution in [-0.4, -0.2) is 36.9 Å². The second-order valence-electron chi connectivity index (χ2n) is 9.87. The van der Waals surface area contributed by atoms with Crippen molar-refractivity contribution in [3.63, 3.8) is 0 Å². The summed E-state index contributed by atoms with van der Waals surface area (Å²) < 4.78 is 0.978. The van der Waals surface area contributed by atoms with Crippen LogP contribution < -0.4 is 10.6 Å². The number of hydrogen-bond donors (Lipinski definition) is 2. The summed E-state index contributed by atoms with van der Waals surface area (Å²) in [6.07, 6.45) is 2.46. The summed E-state index contributed by atoms with van der Waals surface area (Å²) >= 11 is 7.51. The van der Waals surface area contributed by atoms with E-state index in [-0.39, 0.29) is 23.8 Å². The van der Waals surface area contributed by atoms with Crippen LogP contribution in [0.25, 0.3) is 21.2 Å². The van der Waals surface area contributed by atoms with Gasteiger partial charge < -0.3 is 15.5 Å². The van der Waals surface area contributed by atoms with E-state index in [4.69, 9.17) is 11.6 Å². The van der Waals surface area contributed by atoms with Crippen LogP contribution in [-0.2, 0) is 11.3 Å². The van der Waals surface area contributed by atoms with Crippen molar-refractivity contribution < 1.29 is 9.59 Å². The van der Waals surface area contributed by atoms with Crippen LogP contribution in [0.3, 0.4) is 0 Å². The highest BCUT2D eigenvalue weighted by atomic mass is 35.5. The number of benzene rings is 3. The summed E-state index contributed by atoms with van der Waals surface area (Å²) in [6.45, 7) is 0.860. The third-order valence-electron chi connectivity index (χ3n) is 6.84. The van der Waals surface area contributed by atoms with Gasteiger partial charge in [-0.05, 0) is 79.3 Å². The summed E-state index contributed by atoms with van der Waals surface area (Å²) in [5.74, 6) is -0.442. The molecule has 2 atom stereocenters. The lowest BCUT2D eigenvalue weighted by Gasteiger charge is -2.20. The molecule has 0 aliphatic heterocycles. The Kier molecular flexibility index (Phi) is 7.60. The maximum absolute atomic E-state index is 13.2. The molecule has 2 N–H and O–H groups in total. The standard InChI is InChI=1S/C30H30ClN3O2S/c1-34(2)18-21-6-3-4-7-24(21)19-11-14-23(15-12-19)32-29(35)25-8-5-9-26(25)33-30(36)28-16-20-10-13-22(31)17-27(20)37-28/h3-4,6-7,10-17,25-26H,5,8-9,18H2,1-2H3,(H,32,35)(H,33,36)/t25-,26+/m0/s1. The molecule has 1 aromatic heterocycles. The number of rotatable bonds is 7. The lowest BCUT2D eigenvalue weighted by Crippen LogP contribution is -2.41. The molecule has 0 unspecified atom stereocenters. The zero-order valence-electron chi connectivity index (χ0n) is 21.0. The molecular weight excluding hydrogens is 502 g/mol. The molecule has 1 saturated carbocycles. The van der Waals surface area contributed by atoms with E-state index in [0.717, 1.165) is 47.1 Å². The van der Waals surface area contributed by atoms with E-state index in [1.165, 1.54) is 22.5 Å². The van der Waals surface area contributed by atoms with Crippen molar-refractivity contribution in [3.05, 3.63) is 88.3 Å². The summed E-state index contributed by atoms with van der Waals surface area (Å²) in [6, 6.07) is 23.7. The second kappa shape index (κ2) is 11.1. The molecule has 0 bridgehead atoms. The monoisotopic (exact) mass is 531 g/mol. The van der Waals surface area contributed by atoms with Gasteiger partial charge in [-0.2, -0.15) is 0 Å². The summed E-state index contributed by atoms with van der Waals surface area (Å²) in [4.78, 5) is 28.9. The number of thiophene rings is 1. The number of anilines is 1. The van der Waals surface area contributed by atoms with E-state index < -0.39 is 0 Å². The van der Waals surface area contributed by atoms with Gasteiger partial charge in [0, 0.05) is 28.0 Å². The Balaban J connectivity index is 1.24. The molecule has 1 fully saturated rings. The average Bonchev–Trinajstić information content (AvgIpc) is 3.51. The zero-order valence-corrected chi connectivity index (χ0v) is 22.5. The maximum Gasteiger partial charge on any atom is 0.261 e. The van der Waals surface area contributed by atoms with Crippen molar-refractivity contribution in [3.8, 4) is 11.1 Å². The Morgan fingerprint density at radius 2 is 1.78 bits per heavy atom. The Morgan fingerprint density at radius 3 is 2.57 bits per heavy atom. The number of amides is 2. The summed E-state index contributed by atoms with van der Waals surface area (Å²) in [5.41, 5.74) is 4.33. The fraction of sp³-hybridized carbons (Fsp3) is 0.267. The first-order valence-corrected chi connectivity index (χ1v) is 13.7. The molecule has 0 spiro atoms. The molecule has 5 nitrogen and oxygen atoms in total. The van der Waals surface area contributed by atoms with Crippen LogP contribution in [0.15, 0.2) is 72.8 Å². The first kappa shape index (κ1) is 25.5. The fourth-order valence-corrected chi connectivity index (χ4v) is 6.29. The average molecular weight is 532 g/mol. The van der Waals surface area contributed by atoms with Gasteiger partial charge in [0.1, 0.15) is 0 Å². The number of halogens is 1. The second-order valence-corrected chi connectivity index (χ2v) is 11.4. The van der Waals surface area contributed by atoms with Crippen LogP contribution in [0.2, 0.25) is 5.02 Å². The van der Waals surface area contributed by atoms with Crippen molar-refractivity contribution in [2.75, 3.05) is 19.4 Å². The molecule has 190 valence electrons. The van der Waals surface area contributed by atoms with E-state index in [1.807, 2.05) is 54.6 Å². The number of carbonyl (C=O) groups excluding carboxylic acids is 2. The van der Waals surface area contributed by atoms with Gasteiger partial charge in [-0.3, -0.25) is 9.59 Å². The Bertz CT molecular complexity index is 1430. The minimum atomic E-state index is -0.256. The molecule has 1 heterocycles. The van der Waals surface area contributed by atoms with Gasteiger partial charge in [-0.1, -0.05) is 60.5 Å². The molecule has 1 aliphatic rings. The quantitative estimate of drug-likeness (QED) is 0.275. The van der Waals surface area contributed by atoms with Crippen molar-refractivity contribution in [1.29, 1.82) is 0 Å². The van der Waals surface area contributed by atoms with Gasteiger partial charge in [-0.15, -0.1) is 11.3 Å². The van der Waals surface area contributed by atoms with E-state index in [0.29, 0.717) is 9.90 Å². The molecule has 1 aliphatic carbocycles. The molecule has 7 heteroatoms. The highest BCUT2D eigenvalue weighted by molar-refractivity contribution is 7.20. The lowest BCUT2D eigenvalue weighted by atomic mass is 9.99. The van der Waals surface area contributed by atoms with E-state index in [1.54, 1.807) is 0 Å². The first-order chi connectivity index (χ1) is 17.9. The summed E-state index contributed by atoms with van der Waals surface area (Å²) in [5, 5.41) is 7.83. The van der Waals surface area contributed by atoms with Crippen LogP contribution in [0.4, 0.5) is 5.69 Å². The van der Waals surface area contributed by atoms with Crippen molar-refractivity contribution in [2.45, 2.75) is 31.8 Å². The van der Waals surface area contributed by atoms with Gasteiger partial charge >= 0.3 is 0 Å². The molecular formula is C30H30ClN3O2S.